The van der Waals surface area contributed by atoms with Crippen LogP contribution in [0.2, 0.25) is 0 Å². The molecule has 17 heavy (non-hydrogen) atoms. The molecular formula is C14H19NO2. The lowest BCUT2D eigenvalue weighted by Gasteiger charge is -2.18. The van der Waals surface area contributed by atoms with E-state index in [4.69, 9.17) is 10.00 Å². The highest BCUT2D eigenvalue weighted by molar-refractivity contribution is 5.47. The summed E-state index contributed by atoms with van der Waals surface area (Å²) in [5, 5.41) is 18.5. The SMILES string of the molecule is Cc1cc(C#N)cc(C)c1OCC(O)C(C)C. The lowest BCUT2D eigenvalue weighted by molar-refractivity contribution is 0.0696. The number of hydrogen-bond acceptors (Lipinski definition) is 3. The van der Waals surface area contributed by atoms with Crippen molar-refractivity contribution in [3.05, 3.63) is 28.8 Å². The summed E-state index contributed by atoms with van der Waals surface area (Å²) in [7, 11) is 0. The zero-order valence-corrected chi connectivity index (χ0v) is 10.8. The van der Waals surface area contributed by atoms with Crippen molar-refractivity contribution in [1.29, 1.82) is 5.26 Å². The van der Waals surface area contributed by atoms with E-state index in [1.165, 1.54) is 0 Å². The van der Waals surface area contributed by atoms with E-state index < -0.39 is 6.10 Å². The maximum Gasteiger partial charge on any atom is 0.125 e. The quantitative estimate of drug-likeness (QED) is 0.869. The summed E-state index contributed by atoms with van der Waals surface area (Å²) in [6.45, 7) is 8.00. The topological polar surface area (TPSA) is 53.2 Å². The molecule has 0 heterocycles. The molecule has 0 aliphatic heterocycles. The largest absolute Gasteiger partial charge is 0.490 e. The molecule has 3 nitrogen and oxygen atoms in total. The van der Waals surface area contributed by atoms with Crippen LogP contribution in [0.25, 0.3) is 0 Å². The van der Waals surface area contributed by atoms with E-state index in [0.29, 0.717) is 5.56 Å². The highest BCUT2D eigenvalue weighted by atomic mass is 16.5. The van der Waals surface area contributed by atoms with Gasteiger partial charge in [-0.3, -0.25) is 0 Å². The van der Waals surface area contributed by atoms with Gasteiger partial charge < -0.3 is 9.84 Å². The first-order valence-electron chi connectivity index (χ1n) is 5.78. The van der Waals surface area contributed by atoms with Crippen molar-refractivity contribution in [3.8, 4) is 11.8 Å². The molecule has 1 rings (SSSR count). The minimum Gasteiger partial charge on any atom is -0.490 e. The van der Waals surface area contributed by atoms with E-state index in [1.807, 2.05) is 27.7 Å². The highest BCUT2D eigenvalue weighted by Gasteiger charge is 2.12. The average molecular weight is 233 g/mol. The summed E-state index contributed by atoms with van der Waals surface area (Å²) in [5.41, 5.74) is 2.49. The first-order valence-corrected chi connectivity index (χ1v) is 5.78. The number of rotatable bonds is 4. The number of nitrogens with zero attached hydrogens (tertiary/aromatic N) is 1. The summed E-state index contributed by atoms with van der Waals surface area (Å²) in [4.78, 5) is 0. The van der Waals surface area contributed by atoms with Gasteiger partial charge in [-0.05, 0) is 43.0 Å². The van der Waals surface area contributed by atoms with Crippen molar-refractivity contribution in [1.82, 2.24) is 0 Å². The summed E-state index contributed by atoms with van der Waals surface area (Å²) >= 11 is 0. The molecule has 0 fully saturated rings. The molecule has 3 heteroatoms. The van der Waals surface area contributed by atoms with Crippen molar-refractivity contribution in [2.24, 2.45) is 5.92 Å². The Kier molecular flexibility index (Phi) is 4.53. The fraction of sp³-hybridized carbons (Fsp3) is 0.500. The Labute approximate surface area is 103 Å². The Balaban J connectivity index is 2.82. The first-order chi connectivity index (χ1) is 7.95. The van der Waals surface area contributed by atoms with E-state index in [2.05, 4.69) is 6.07 Å². The van der Waals surface area contributed by atoms with E-state index in [9.17, 15) is 5.11 Å². The minimum absolute atomic E-state index is 0.175. The van der Waals surface area contributed by atoms with Gasteiger partial charge in [-0.1, -0.05) is 13.8 Å². The monoisotopic (exact) mass is 233 g/mol. The molecule has 0 saturated heterocycles. The molecule has 0 aliphatic rings. The normalized spacial score (nSPS) is 12.3. The first kappa shape index (κ1) is 13.5. The predicted molar refractivity (Wildman–Crippen MR) is 67.0 cm³/mol. The van der Waals surface area contributed by atoms with Gasteiger partial charge in [0.1, 0.15) is 12.4 Å². The number of aliphatic hydroxyl groups excluding tert-OH is 1. The lowest BCUT2D eigenvalue weighted by Crippen LogP contribution is -2.23. The highest BCUT2D eigenvalue weighted by Crippen LogP contribution is 2.25. The van der Waals surface area contributed by atoms with Gasteiger partial charge in [0.2, 0.25) is 0 Å². The zero-order valence-electron chi connectivity index (χ0n) is 10.8. The maximum atomic E-state index is 9.69. The van der Waals surface area contributed by atoms with E-state index >= 15 is 0 Å². The molecule has 92 valence electrons. The second-order valence-electron chi connectivity index (χ2n) is 4.67. The third kappa shape index (κ3) is 3.47. The fourth-order valence-corrected chi connectivity index (χ4v) is 1.60. The van der Waals surface area contributed by atoms with Gasteiger partial charge in [0.15, 0.2) is 0 Å². The van der Waals surface area contributed by atoms with Crippen molar-refractivity contribution in [2.45, 2.75) is 33.8 Å². The smallest absolute Gasteiger partial charge is 0.125 e. The van der Waals surface area contributed by atoms with E-state index in [0.717, 1.165) is 16.9 Å². The minimum atomic E-state index is -0.468. The summed E-state index contributed by atoms with van der Waals surface area (Å²) in [5.74, 6) is 0.942. The van der Waals surface area contributed by atoms with Gasteiger partial charge in [-0.15, -0.1) is 0 Å². The van der Waals surface area contributed by atoms with Crippen LogP contribution in [0.1, 0.15) is 30.5 Å². The van der Waals surface area contributed by atoms with Crippen LogP contribution < -0.4 is 4.74 Å². The molecule has 0 aliphatic carbocycles. The van der Waals surface area contributed by atoms with Crippen LogP contribution in [0.5, 0.6) is 5.75 Å². The van der Waals surface area contributed by atoms with Crippen LogP contribution in [0, 0.1) is 31.1 Å². The Hall–Kier alpha value is -1.53. The maximum absolute atomic E-state index is 9.69. The number of aliphatic hydroxyl groups is 1. The molecule has 1 unspecified atom stereocenters. The predicted octanol–water partition coefficient (Wildman–Crippen LogP) is 2.57. The van der Waals surface area contributed by atoms with Crippen LogP contribution in [-0.2, 0) is 0 Å². The number of aryl methyl sites for hydroxylation is 2. The molecule has 0 saturated carbocycles. The summed E-state index contributed by atoms with van der Waals surface area (Å²) < 4.78 is 5.63. The molecule has 0 spiro atoms. The average Bonchev–Trinajstić information content (AvgIpc) is 2.27. The van der Waals surface area contributed by atoms with Gasteiger partial charge in [0, 0.05) is 0 Å². The molecule has 1 aromatic rings. The van der Waals surface area contributed by atoms with Gasteiger partial charge in [0.25, 0.3) is 0 Å². The van der Waals surface area contributed by atoms with Crippen LogP contribution >= 0.6 is 0 Å². The molecule has 0 radical (unpaired) electrons. The van der Waals surface area contributed by atoms with Crippen molar-refractivity contribution >= 4 is 0 Å². The third-order valence-corrected chi connectivity index (χ3v) is 2.76. The fourth-order valence-electron chi connectivity index (χ4n) is 1.60. The van der Waals surface area contributed by atoms with Crippen LogP contribution in [-0.4, -0.2) is 17.8 Å². The number of benzene rings is 1. The van der Waals surface area contributed by atoms with Crippen LogP contribution in [0.3, 0.4) is 0 Å². The van der Waals surface area contributed by atoms with Crippen LogP contribution in [0.4, 0.5) is 0 Å². The second-order valence-corrected chi connectivity index (χ2v) is 4.67. The Bertz CT molecular complexity index is 409. The Morgan fingerprint density at radius 2 is 1.82 bits per heavy atom. The van der Waals surface area contributed by atoms with Crippen LogP contribution in [0.15, 0.2) is 12.1 Å². The van der Waals surface area contributed by atoms with Crippen molar-refractivity contribution in [2.75, 3.05) is 6.61 Å². The standard InChI is InChI=1S/C14H19NO2/c1-9(2)13(16)8-17-14-10(3)5-12(7-15)6-11(14)4/h5-6,9,13,16H,8H2,1-4H3. The van der Waals surface area contributed by atoms with Crippen molar-refractivity contribution < 1.29 is 9.84 Å². The number of nitriles is 1. The van der Waals surface area contributed by atoms with Gasteiger partial charge >= 0.3 is 0 Å². The van der Waals surface area contributed by atoms with Gasteiger partial charge in [-0.2, -0.15) is 5.26 Å². The van der Waals surface area contributed by atoms with Gasteiger partial charge in [0.05, 0.1) is 17.7 Å². The van der Waals surface area contributed by atoms with E-state index in [1.54, 1.807) is 12.1 Å². The molecule has 1 N–H and O–H groups in total. The molecule has 1 atom stereocenters. The Morgan fingerprint density at radius 3 is 2.24 bits per heavy atom. The Morgan fingerprint density at radius 1 is 1.29 bits per heavy atom. The molecule has 0 aromatic heterocycles. The molecule has 0 amide bonds. The zero-order chi connectivity index (χ0) is 13.0. The summed E-state index contributed by atoms with van der Waals surface area (Å²) in [6, 6.07) is 5.71. The number of hydrogen-bond donors (Lipinski definition) is 1. The lowest BCUT2D eigenvalue weighted by atomic mass is 10.1. The summed E-state index contributed by atoms with van der Waals surface area (Å²) in [6.07, 6.45) is -0.468. The molecular weight excluding hydrogens is 214 g/mol. The van der Waals surface area contributed by atoms with E-state index in [-0.39, 0.29) is 12.5 Å². The second kappa shape index (κ2) is 5.70. The molecule has 0 bridgehead atoms. The number of ether oxygens (including phenoxy) is 1. The molecule has 1 aromatic carbocycles. The van der Waals surface area contributed by atoms with Crippen molar-refractivity contribution in [3.63, 3.8) is 0 Å². The third-order valence-electron chi connectivity index (χ3n) is 2.76. The van der Waals surface area contributed by atoms with Gasteiger partial charge in [-0.25, -0.2) is 0 Å².